The summed E-state index contributed by atoms with van der Waals surface area (Å²) in [5.74, 6) is 1.83. The van der Waals surface area contributed by atoms with Crippen LogP contribution >= 0.6 is 0 Å². The lowest BCUT2D eigenvalue weighted by atomic mass is 9.97. The normalized spacial score (nSPS) is 15.6. The van der Waals surface area contributed by atoms with Crippen molar-refractivity contribution in [1.82, 2.24) is 0 Å². The topological polar surface area (TPSA) is 35.2 Å². The first-order valence-corrected chi connectivity index (χ1v) is 7.15. The molecule has 1 aliphatic heterocycles. The van der Waals surface area contributed by atoms with Gasteiger partial charge in [0.05, 0.1) is 6.61 Å². The summed E-state index contributed by atoms with van der Waals surface area (Å²) in [6.45, 7) is 5.35. The molecular formula is C16H25NO. The Morgan fingerprint density at radius 1 is 1.22 bits per heavy atom. The van der Waals surface area contributed by atoms with Crippen molar-refractivity contribution in [2.24, 2.45) is 11.7 Å². The van der Waals surface area contributed by atoms with Gasteiger partial charge in [0, 0.05) is 12.5 Å². The van der Waals surface area contributed by atoms with E-state index in [2.05, 4.69) is 32.0 Å². The lowest BCUT2D eigenvalue weighted by Gasteiger charge is -2.13. The summed E-state index contributed by atoms with van der Waals surface area (Å²) < 4.78 is 5.52. The third-order valence-corrected chi connectivity index (χ3v) is 3.67. The van der Waals surface area contributed by atoms with Crippen molar-refractivity contribution < 1.29 is 4.74 Å². The molecule has 1 atom stereocenters. The Bertz CT molecular complexity index is 387. The van der Waals surface area contributed by atoms with Gasteiger partial charge < -0.3 is 10.5 Å². The Kier molecular flexibility index (Phi) is 4.65. The molecule has 1 aromatic rings. The van der Waals surface area contributed by atoms with Crippen molar-refractivity contribution >= 4 is 0 Å². The van der Waals surface area contributed by atoms with E-state index in [1.165, 1.54) is 17.5 Å². The third-order valence-electron chi connectivity index (χ3n) is 3.67. The predicted molar refractivity (Wildman–Crippen MR) is 76.0 cm³/mol. The quantitative estimate of drug-likeness (QED) is 0.837. The van der Waals surface area contributed by atoms with E-state index in [9.17, 15) is 0 Å². The van der Waals surface area contributed by atoms with Crippen molar-refractivity contribution in [3.8, 4) is 5.75 Å². The van der Waals surface area contributed by atoms with Crippen LogP contribution in [0, 0.1) is 5.92 Å². The summed E-state index contributed by atoms with van der Waals surface area (Å²) in [5, 5.41) is 0. The number of ether oxygens (including phenoxy) is 1. The number of nitrogens with two attached hydrogens (primary N) is 1. The van der Waals surface area contributed by atoms with Crippen LogP contribution in [0.15, 0.2) is 18.2 Å². The summed E-state index contributed by atoms with van der Waals surface area (Å²) >= 11 is 0. The van der Waals surface area contributed by atoms with E-state index in [-0.39, 0.29) is 0 Å². The summed E-state index contributed by atoms with van der Waals surface area (Å²) in [6.07, 6.45) is 5.62. The highest BCUT2D eigenvalue weighted by molar-refractivity contribution is 5.39. The lowest BCUT2D eigenvalue weighted by molar-refractivity contribution is 0.357. The third kappa shape index (κ3) is 3.74. The van der Waals surface area contributed by atoms with Gasteiger partial charge >= 0.3 is 0 Å². The first kappa shape index (κ1) is 13.4. The van der Waals surface area contributed by atoms with Crippen molar-refractivity contribution in [2.75, 3.05) is 6.61 Å². The van der Waals surface area contributed by atoms with Crippen molar-refractivity contribution in [3.05, 3.63) is 29.3 Å². The highest BCUT2D eigenvalue weighted by Gasteiger charge is 2.12. The fourth-order valence-corrected chi connectivity index (χ4v) is 2.44. The number of benzene rings is 1. The molecule has 0 aromatic heterocycles. The first-order chi connectivity index (χ1) is 8.65. The molecule has 1 aromatic carbocycles. The van der Waals surface area contributed by atoms with Crippen molar-refractivity contribution in [2.45, 2.75) is 52.0 Å². The second-order valence-electron chi connectivity index (χ2n) is 5.81. The van der Waals surface area contributed by atoms with E-state index in [1.54, 1.807) is 0 Å². The van der Waals surface area contributed by atoms with Crippen LogP contribution in [0.5, 0.6) is 5.75 Å². The first-order valence-electron chi connectivity index (χ1n) is 7.15. The zero-order chi connectivity index (χ0) is 13.0. The molecule has 18 heavy (non-hydrogen) atoms. The van der Waals surface area contributed by atoms with E-state index >= 15 is 0 Å². The zero-order valence-electron chi connectivity index (χ0n) is 11.6. The molecule has 1 unspecified atom stereocenters. The van der Waals surface area contributed by atoms with Gasteiger partial charge in [-0.2, -0.15) is 0 Å². The molecule has 0 bridgehead atoms. The van der Waals surface area contributed by atoms with Gasteiger partial charge in [-0.3, -0.25) is 0 Å². The van der Waals surface area contributed by atoms with Gasteiger partial charge in [-0.1, -0.05) is 26.0 Å². The monoisotopic (exact) mass is 247 g/mol. The molecule has 0 spiro atoms. The molecule has 1 heterocycles. The molecule has 0 fully saturated rings. The Morgan fingerprint density at radius 2 is 2.06 bits per heavy atom. The average Bonchev–Trinajstić information content (AvgIpc) is 2.81. The molecule has 2 heteroatoms. The molecule has 0 amide bonds. The van der Waals surface area contributed by atoms with E-state index in [1.807, 2.05) is 0 Å². The summed E-state index contributed by atoms with van der Waals surface area (Å²) in [6, 6.07) is 6.92. The summed E-state index contributed by atoms with van der Waals surface area (Å²) in [4.78, 5) is 0. The van der Waals surface area contributed by atoms with Gasteiger partial charge in [0.2, 0.25) is 0 Å². The van der Waals surface area contributed by atoms with Crippen molar-refractivity contribution in [1.29, 1.82) is 0 Å². The average molecular weight is 247 g/mol. The molecule has 0 saturated heterocycles. The van der Waals surface area contributed by atoms with Crippen LogP contribution < -0.4 is 10.5 Å². The highest BCUT2D eigenvalue weighted by Crippen LogP contribution is 2.26. The maximum absolute atomic E-state index is 6.16. The Labute approximate surface area is 111 Å². The minimum absolute atomic E-state index is 0.344. The number of rotatable bonds is 6. The fraction of sp³-hybridized carbons (Fsp3) is 0.625. The van der Waals surface area contributed by atoms with Crippen LogP contribution in [0.25, 0.3) is 0 Å². The predicted octanol–water partition coefficient (Wildman–Crippen LogP) is 3.32. The summed E-state index contributed by atoms with van der Waals surface area (Å²) in [7, 11) is 0. The number of hydrogen-bond donors (Lipinski definition) is 1. The van der Waals surface area contributed by atoms with Gasteiger partial charge in [-0.25, -0.2) is 0 Å². The Hall–Kier alpha value is -1.02. The van der Waals surface area contributed by atoms with Crippen LogP contribution in [0.4, 0.5) is 0 Å². The van der Waals surface area contributed by atoms with E-state index in [0.717, 1.165) is 44.0 Å². The van der Waals surface area contributed by atoms with Crippen LogP contribution in [-0.2, 0) is 12.8 Å². The van der Waals surface area contributed by atoms with Gasteiger partial charge in [0.15, 0.2) is 0 Å². The van der Waals surface area contributed by atoms with E-state index in [4.69, 9.17) is 10.5 Å². The second kappa shape index (κ2) is 6.24. The molecule has 1 aliphatic rings. The standard InChI is InChI=1S/C16H25NO/c1-12(2)3-6-15(17)7-4-13-5-8-16-14(11-13)9-10-18-16/h5,8,11-12,15H,3-4,6-7,9-10,17H2,1-2H3. The number of fused-ring (bicyclic) bond motifs is 1. The molecular weight excluding hydrogens is 222 g/mol. The van der Waals surface area contributed by atoms with Gasteiger partial charge in [0.25, 0.3) is 0 Å². The van der Waals surface area contributed by atoms with E-state index in [0.29, 0.717) is 6.04 Å². The van der Waals surface area contributed by atoms with Gasteiger partial charge in [-0.15, -0.1) is 0 Å². The van der Waals surface area contributed by atoms with Gasteiger partial charge in [0.1, 0.15) is 5.75 Å². The molecule has 2 nitrogen and oxygen atoms in total. The zero-order valence-corrected chi connectivity index (χ0v) is 11.6. The second-order valence-corrected chi connectivity index (χ2v) is 5.81. The molecule has 0 saturated carbocycles. The van der Waals surface area contributed by atoms with Crippen LogP contribution in [-0.4, -0.2) is 12.6 Å². The van der Waals surface area contributed by atoms with Gasteiger partial charge in [-0.05, 0) is 48.8 Å². The van der Waals surface area contributed by atoms with Crippen LogP contribution in [0.2, 0.25) is 0 Å². The maximum atomic E-state index is 6.16. The summed E-state index contributed by atoms with van der Waals surface area (Å²) in [5.41, 5.74) is 8.92. The minimum Gasteiger partial charge on any atom is -0.493 e. The largest absolute Gasteiger partial charge is 0.493 e. The molecule has 100 valence electrons. The van der Waals surface area contributed by atoms with E-state index < -0.39 is 0 Å². The molecule has 0 radical (unpaired) electrons. The van der Waals surface area contributed by atoms with Crippen molar-refractivity contribution in [3.63, 3.8) is 0 Å². The Balaban J connectivity index is 1.79. The molecule has 2 N–H and O–H groups in total. The highest BCUT2D eigenvalue weighted by atomic mass is 16.5. The molecule has 0 aliphatic carbocycles. The lowest BCUT2D eigenvalue weighted by Crippen LogP contribution is -2.21. The van der Waals surface area contributed by atoms with Crippen LogP contribution in [0.1, 0.15) is 44.2 Å². The smallest absolute Gasteiger partial charge is 0.122 e. The number of aryl methyl sites for hydroxylation is 1. The Morgan fingerprint density at radius 3 is 2.83 bits per heavy atom. The minimum atomic E-state index is 0.344. The number of hydrogen-bond acceptors (Lipinski definition) is 2. The molecule has 2 rings (SSSR count). The SMILES string of the molecule is CC(C)CCC(N)CCc1ccc2c(c1)CCO2. The van der Waals surface area contributed by atoms with Crippen LogP contribution in [0.3, 0.4) is 0 Å². The maximum Gasteiger partial charge on any atom is 0.122 e. The fourth-order valence-electron chi connectivity index (χ4n) is 2.44.